The smallest absolute Gasteiger partial charge is 0.254 e. The molecule has 1 unspecified atom stereocenters. The zero-order valence-electron chi connectivity index (χ0n) is 13.8. The van der Waals surface area contributed by atoms with Crippen LogP contribution in [-0.2, 0) is 6.54 Å². The number of amides is 1. The Balaban J connectivity index is 2.17. The number of rotatable bonds is 4. The molecule has 1 N–H and O–H groups in total. The highest BCUT2D eigenvalue weighted by molar-refractivity contribution is 5.95. The zero-order valence-corrected chi connectivity index (χ0v) is 13.8. The van der Waals surface area contributed by atoms with Crippen LogP contribution >= 0.6 is 0 Å². The van der Waals surface area contributed by atoms with E-state index in [2.05, 4.69) is 41.0 Å². The number of carbonyl (C=O) groups is 1. The third-order valence-electron chi connectivity index (χ3n) is 3.65. The first-order chi connectivity index (χ1) is 10.3. The van der Waals surface area contributed by atoms with Crippen molar-refractivity contribution < 1.29 is 4.79 Å². The lowest BCUT2D eigenvalue weighted by atomic mass is 9.86. The summed E-state index contributed by atoms with van der Waals surface area (Å²) in [5.74, 6) is 0.525. The monoisotopic (exact) mass is 301 g/mol. The van der Waals surface area contributed by atoms with Crippen LogP contribution < -0.4 is 5.32 Å². The third-order valence-corrected chi connectivity index (χ3v) is 3.65. The topological polar surface area (TPSA) is 72.7 Å². The standard InChI is InChI=1S/C16H23N5O/c1-11-13(8-18-12(2)19-11)15(22)20-14(16(3,4)5)9-21-7-6-17-10-21/h6-8,10,14H,9H2,1-5H3,(H,20,22). The summed E-state index contributed by atoms with van der Waals surface area (Å²) in [7, 11) is 0. The predicted octanol–water partition coefficient (Wildman–Crippen LogP) is 2.13. The van der Waals surface area contributed by atoms with E-state index in [4.69, 9.17) is 0 Å². The molecule has 2 heterocycles. The number of carbonyl (C=O) groups excluding carboxylic acids is 1. The van der Waals surface area contributed by atoms with Crippen LogP contribution in [0, 0.1) is 19.3 Å². The molecule has 0 spiro atoms. The maximum atomic E-state index is 12.5. The van der Waals surface area contributed by atoms with E-state index in [1.807, 2.05) is 24.6 Å². The van der Waals surface area contributed by atoms with Gasteiger partial charge in [-0.05, 0) is 19.3 Å². The Bertz CT molecular complexity index is 643. The Kier molecular flexibility index (Phi) is 4.59. The number of imidazole rings is 1. The molecule has 0 aliphatic rings. The average molecular weight is 301 g/mol. The first kappa shape index (κ1) is 16.1. The van der Waals surface area contributed by atoms with Gasteiger partial charge in [0.1, 0.15) is 5.82 Å². The fourth-order valence-electron chi connectivity index (χ4n) is 2.18. The van der Waals surface area contributed by atoms with Crippen molar-refractivity contribution in [1.82, 2.24) is 24.8 Å². The minimum Gasteiger partial charge on any atom is -0.347 e. The first-order valence-corrected chi connectivity index (χ1v) is 7.34. The van der Waals surface area contributed by atoms with E-state index < -0.39 is 0 Å². The van der Waals surface area contributed by atoms with Gasteiger partial charge in [0.05, 0.1) is 23.6 Å². The maximum absolute atomic E-state index is 12.5. The number of nitrogens with one attached hydrogen (secondary N) is 1. The van der Waals surface area contributed by atoms with Gasteiger partial charge < -0.3 is 9.88 Å². The van der Waals surface area contributed by atoms with Crippen molar-refractivity contribution in [2.45, 2.75) is 47.2 Å². The number of aryl methyl sites for hydroxylation is 2. The van der Waals surface area contributed by atoms with Crippen molar-refractivity contribution in [3.63, 3.8) is 0 Å². The zero-order chi connectivity index (χ0) is 16.3. The molecule has 0 bridgehead atoms. The lowest BCUT2D eigenvalue weighted by molar-refractivity contribution is 0.0891. The van der Waals surface area contributed by atoms with E-state index in [-0.39, 0.29) is 17.4 Å². The minimum absolute atomic E-state index is 0.0325. The summed E-state index contributed by atoms with van der Waals surface area (Å²) in [4.78, 5) is 25.0. The molecule has 0 radical (unpaired) electrons. The molecule has 2 rings (SSSR count). The summed E-state index contributed by atoms with van der Waals surface area (Å²) in [6, 6.07) is -0.0325. The summed E-state index contributed by atoms with van der Waals surface area (Å²) in [5, 5.41) is 3.10. The fourth-order valence-corrected chi connectivity index (χ4v) is 2.18. The summed E-state index contributed by atoms with van der Waals surface area (Å²) in [5.41, 5.74) is 1.13. The molecule has 22 heavy (non-hydrogen) atoms. The van der Waals surface area contributed by atoms with Crippen LogP contribution in [0.15, 0.2) is 24.9 Å². The second kappa shape index (κ2) is 6.25. The fraction of sp³-hybridized carbons (Fsp3) is 0.500. The maximum Gasteiger partial charge on any atom is 0.254 e. The van der Waals surface area contributed by atoms with Gasteiger partial charge in [-0.3, -0.25) is 4.79 Å². The highest BCUT2D eigenvalue weighted by Gasteiger charge is 2.27. The van der Waals surface area contributed by atoms with Gasteiger partial charge in [0.25, 0.3) is 5.91 Å². The van der Waals surface area contributed by atoms with E-state index in [9.17, 15) is 4.79 Å². The van der Waals surface area contributed by atoms with E-state index in [0.29, 0.717) is 23.6 Å². The van der Waals surface area contributed by atoms with Gasteiger partial charge >= 0.3 is 0 Å². The third kappa shape index (κ3) is 3.90. The largest absolute Gasteiger partial charge is 0.347 e. The van der Waals surface area contributed by atoms with Crippen molar-refractivity contribution in [2.75, 3.05) is 0 Å². The van der Waals surface area contributed by atoms with Crippen LogP contribution in [-0.4, -0.2) is 31.5 Å². The van der Waals surface area contributed by atoms with Crippen LogP contribution in [0.3, 0.4) is 0 Å². The van der Waals surface area contributed by atoms with Crippen LogP contribution in [0.5, 0.6) is 0 Å². The number of aromatic nitrogens is 4. The Morgan fingerprint density at radius 2 is 2.09 bits per heavy atom. The normalized spacial score (nSPS) is 13.0. The van der Waals surface area contributed by atoms with Gasteiger partial charge in [-0.2, -0.15) is 0 Å². The lowest BCUT2D eigenvalue weighted by Crippen LogP contribution is -2.46. The quantitative estimate of drug-likeness (QED) is 0.939. The van der Waals surface area contributed by atoms with Gasteiger partial charge in [0, 0.05) is 25.1 Å². The van der Waals surface area contributed by atoms with E-state index in [1.165, 1.54) is 0 Å². The molecule has 118 valence electrons. The molecule has 0 aliphatic carbocycles. The van der Waals surface area contributed by atoms with Crippen molar-refractivity contribution >= 4 is 5.91 Å². The molecular weight excluding hydrogens is 278 g/mol. The van der Waals surface area contributed by atoms with Crippen molar-refractivity contribution in [3.8, 4) is 0 Å². The Morgan fingerprint density at radius 1 is 1.36 bits per heavy atom. The molecule has 0 saturated heterocycles. The van der Waals surface area contributed by atoms with E-state index in [1.54, 1.807) is 18.7 Å². The van der Waals surface area contributed by atoms with Crippen LogP contribution in [0.25, 0.3) is 0 Å². The van der Waals surface area contributed by atoms with Gasteiger partial charge in [-0.1, -0.05) is 20.8 Å². The second-order valence-electron chi connectivity index (χ2n) is 6.57. The summed E-state index contributed by atoms with van der Waals surface area (Å²) < 4.78 is 1.97. The van der Waals surface area contributed by atoms with Crippen LogP contribution in [0.2, 0.25) is 0 Å². The van der Waals surface area contributed by atoms with Gasteiger partial charge in [0.15, 0.2) is 0 Å². The van der Waals surface area contributed by atoms with Crippen molar-refractivity contribution in [2.24, 2.45) is 5.41 Å². The molecule has 0 aromatic carbocycles. The molecule has 6 nitrogen and oxygen atoms in total. The van der Waals surface area contributed by atoms with E-state index >= 15 is 0 Å². The van der Waals surface area contributed by atoms with Gasteiger partial charge in [0.2, 0.25) is 0 Å². The van der Waals surface area contributed by atoms with Crippen molar-refractivity contribution in [1.29, 1.82) is 0 Å². The molecular formula is C16H23N5O. The average Bonchev–Trinajstić information content (AvgIpc) is 2.89. The SMILES string of the molecule is Cc1ncc(C(=O)NC(Cn2ccnc2)C(C)(C)C)c(C)n1. The molecule has 0 fully saturated rings. The molecule has 2 aromatic rings. The number of hydrogen-bond donors (Lipinski definition) is 1. The Hall–Kier alpha value is -2.24. The number of nitrogens with zero attached hydrogens (tertiary/aromatic N) is 4. The molecule has 6 heteroatoms. The number of hydrogen-bond acceptors (Lipinski definition) is 4. The van der Waals surface area contributed by atoms with Gasteiger partial charge in [-0.15, -0.1) is 0 Å². The molecule has 0 saturated carbocycles. The first-order valence-electron chi connectivity index (χ1n) is 7.34. The highest BCUT2D eigenvalue weighted by Crippen LogP contribution is 2.21. The second-order valence-corrected chi connectivity index (χ2v) is 6.57. The molecule has 1 atom stereocenters. The van der Waals surface area contributed by atoms with Crippen LogP contribution in [0.4, 0.5) is 0 Å². The highest BCUT2D eigenvalue weighted by atomic mass is 16.1. The lowest BCUT2D eigenvalue weighted by Gasteiger charge is -2.32. The molecule has 1 amide bonds. The Morgan fingerprint density at radius 3 is 2.64 bits per heavy atom. The van der Waals surface area contributed by atoms with E-state index in [0.717, 1.165) is 0 Å². The van der Waals surface area contributed by atoms with Crippen LogP contribution in [0.1, 0.15) is 42.6 Å². The molecule has 0 aliphatic heterocycles. The predicted molar refractivity (Wildman–Crippen MR) is 84.4 cm³/mol. The Labute approximate surface area is 131 Å². The summed E-state index contributed by atoms with van der Waals surface area (Å²) in [6.07, 6.45) is 6.97. The van der Waals surface area contributed by atoms with Crippen molar-refractivity contribution in [3.05, 3.63) is 42.0 Å². The molecule has 2 aromatic heterocycles. The van der Waals surface area contributed by atoms with Gasteiger partial charge in [-0.25, -0.2) is 15.0 Å². The minimum atomic E-state index is -0.141. The summed E-state index contributed by atoms with van der Waals surface area (Å²) in [6.45, 7) is 10.6. The summed E-state index contributed by atoms with van der Waals surface area (Å²) >= 11 is 0.